The van der Waals surface area contributed by atoms with Crippen molar-refractivity contribution in [2.45, 2.75) is 45.6 Å². The lowest BCUT2D eigenvalue weighted by Crippen LogP contribution is -2.48. The van der Waals surface area contributed by atoms with Crippen LogP contribution in [0, 0.1) is 11.8 Å². The van der Waals surface area contributed by atoms with Crippen LogP contribution in [-0.2, 0) is 4.79 Å². The summed E-state index contributed by atoms with van der Waals surface area (Å²) in [5, 5.41) is 6.50. The molecule has 1 rings (SSSR count). The quantitative estimate of drug-likeness (QED) is 0.767. The Morgan fingerprint density at radius 1 is 1.47 bits per heavy atom. The Labute approximate surface area is 118 Å². The highest BCUT2D eigenvalue weighted by atomic mass is 16.1. The molecule has 0 aromatic carbocycles. The Morgan fingerprint density at radius 2 is 2.16 bits per heavy atom. The number of piperidine rings is 1. The molecular weight excluding hydrogens is 238 g/mol. The van der Waals surface area contributed by atoms with E-state index in [-0.39, 0.29) is 11.4 Å². The summed E-state index contributed by atoms with van der Waals surface area (Å²) >= 11 is 0. The monoisotopic (exact) mass is 269 g/mol. The van der Waals surface area contributed by atoms with Crippen LogP contribution in [0.2, 0.25) is 0 Å². The molecule has 19 heavy (non-hydrogen) atoms. The van der Waals surface area contributed by atoms with Crippen LogP contribution in [0.15, 0.2) is 0 Å². The smallest absolute Gasteiger partial charge is 0.220 e. The fourth-order valence-corrected chi connectivity index (χ4v) is 2.37. The van der Waals surface area contributed by atoms with Gasteiger partial charge in [-0.2, -0.15) is 0 Å². The molecule has 2 atom stereocenters. The zero-order chi connectivity index (χ0) is 14.5. The van der Waals surface area contributed by atoms with Crippen LogP contribution < -0.4 is 10.6 Å². The molecule has 0 saturated carbocycles. The first-order valence-electron chi connectivity index (χ1n) is 7.48. The van der Waals surface area contributed by atoms with Crippen molar-refractivity contribution >= 4 is 5.91 Å². The fourth-order valence-electron chi connectivity index (χ4n) is 2.37. The van der Waals surface area contributed by atoms with E-state index in [1.807, 2.05) is 14.1 Å². The van der Waals surface area contributed by atoms with Crippen molar-refractivity contribution in [1.82, 2.24) is 15.5 Å². The molecule has 0 bridgehead atoms. The van der Waals surface area contributed by atoms with Crippen LogP contribution in [0.4, 0.5) is 0 Å². The Morgan fingerprint density at radius 3 is 2.68 bits per heavy atom. The summed E-state index contributed by atoms with van der Waals surface area (Å²) in [4.78, 5) is 14.2. The van der Waals surface area contributed by atoms with Crippen LogP contribution in [0.1, 0.15) is 40.0 Å². The third kappa shape index (κ3) is 5.49. The molecule has 1 amide bonds. The molecule has 0 radical (unpaired) electrons. The second-order valence-corrected chi connectivity index (χ2v) is 6.77. The Hall–Kier alpha value is -0.610. The van der Waals surface area contributed by atoms with Crippen LogP contribution in [0.5, 0.6) is 0 Å². The topological polar surface area (TPSA) is 44.4 Å². The lowest BCUT2D eigenvalue weighted by atomic mass is 9.85. The third-order valence-corrected chi connectivity index (χ3v) is 4.58. The predicted octanol–water partition coefficient (Wildman–Crippen LogP) is 1.47. The van der Waals surface area contributed by atoms with Crippen molar-refractivity contribution in [1.29, 1.82) is 0 Å². The number of carbonyl (C=O) groups is 1. The summed E-state index contributed by atoms with van der Waals surface area (Å²) in [5.41, 5.74) is 0.00525. The van der Waals surface area contributed by atoms with Gasteiger partial charge in [-0.15, -0.1) is 0 Å². The molecule has 2 N–H and O–H groups in total. The average molecular weight is 269 g/mol. The Kier molecular flexibility index (Phi) is 6.27. The highest BCUT2D eigenvalue weighted by molar-refractivity contribution is 5.76. The van der Waals surface area contributed by atoms with E-state index in [0.29, 0.717) is 24.8 Å². The van der Waals surface area contributed by atoms with Gasteiger partial charge in [0.05, 0.1) is 0 Å². The predicted molar refractivity (Wildman–Crippen MR) is 80.2 cm³/mol. The van der Waals surface area contributed by atoms with E-state index >= 15 is 0 Å². The van der Waals surface area contributed by atoms with Gasteiger partial charge in [-0.3, -0.25) is 4.79 Å². The van der Waals surface area contributed by atoms with E-state index in [2.05, 4.69) is 36.3 Å². The van der Waals surface area contributed by atoms with Crippen molar-refractivity contribution in [3.05, 3.63) is 0 Å². The fraction of sp³-hybridized carbons (Fsp3) is 0.933. The molecule has 0 aromatic heterocycles. The molecule has 1 aliphatic heterocycles. The zero-order valence-electron chi connectivity index (χ0n) is 13.3. The first kappa shape index (κ1) is 16.4. The van der Waals surface area contributed by atoms with Crippen LogP contribution in [0.3, 0.4) is 0 Å². The highest BCUT2D eigenvalue weighted by Gasteiger charge is 2.24. The van der Waals surface area contributed by atoms with Crippen molar-refractivity contribution in [2.75, 3.05) is 33.7 Å². The molecule has 0 aromatic rings. The number of carbonyl (C=O) groups excluding carboxylic acids is 1. The number of likely N-dealkylation sites (N-methyl/N-ethyl adjacent to an activating group) is 1. The maximum atomic E-state index is 12.0. The first-order valence-corrected chi connectivity index (χ1v) is 7.48. The number of hydrogen-bond donors (Lipinski definition) is 2. The van der Waals surface area contributed by atoms with E-state index in [1.54, 1.807) is 0 Å². The van der Waals surface area contributed by atoms with Gasteiger partial charge < -0.3 is 15.5 Å². The van der Waals surface area contributed by atoms with Gasteiger partial charge in [0.1, 0.15) is 0 Å². The number of hydrogen-bond acceptors (Lipinski definition) is 3. The maximum Gasteiger partial charge on any atom is 0.220 e. The molecule has 112 valence electrons. The summed E-state index contributed by atoms with van der Waals surface area (Å²) in [5.74, 6) is 1.31. The van der Waals surface area contributed by atoms with Crippen molar-refractivity contribution in [3.63, 3.8) is 0 Å². The molecule has 1 heterocycles. The van der Waals surface area contributed by atoms with E-state index in [4.69, 9.17) is 0 Å². The normalized spacial score (nSPS) is 22.3. The van der Waals surface area contributed by atoms with E-state index < -0.39 is 0 Å². The molecule has 1 saturated heterocycles. The average Bonchev–Trinajstić information content (AvgIpc) is 2.37. The second-order valence-electron chi connectivity index (χ2n) is 6.77. The summed E-state index contributed by atoms with van der Waals surface area (Å²) < 4.78 is 0. The Balaban J connectivity index is 2.30. The Bertz CT molecular complexity index is 283. The number of nitrogens with zero attached hydrogens (tertiary/aromatic N) is 1. The highest BCUT2D eigenvalue weighted by Crippen LogP contribution is 2.22. The maximum absolute atomic E-state index is 12.0. The van der Waals surface area contributed by atoms with Gasteiger partial charge in [-0.05, 0) is 65.7 Å². The van der Waals surface area contributed by atoms with Crippen LogP contribution >= 0.6 is 0 Å². The number of amides is 1. The largest absolute Gasteiger partial charge is 0.354 e. The molecule has 4 heteroatoms. The van der Waals surface area contributed by atoms with Gasteiger partial charge in [-0.25, -0.2) is 0 Å². The molecule has 2 unspecified atom stereocenters. The van der Waals surface area contributed by atoms with Gasteiger partial charge in [-0.1, -0.05) is 6.92 Å². The van der Waals surface area contributed by atoms with E-state index in [0.717, 1.165) is 13.1 Å². The van der Waals surface area contributed by atoms with Crippen LogP contribution in [0.25, 0.3) is 0 Å². The van der Waals surface area contributed by atoms with Crippen molar-refractivity contribution in [2.24, 2.45) is 11.8 Å². The van der Waals surface area contributed by atoms with E-state index in [9.17, 15) is 4.79 Å². The van der Waals surface area contributed by atoms with Crippen LogP contribution in [-0.4, -0.2) is 50.1 Å². The lowest BCUT2D eigenvalue weighted by molar-refractivity contribution is -0.122. The minimum Gasteiger partial charge on any atom is -0.354 e. The lowest BCUT2D eigenvalue weighted by Gasteiger charge is -2.33. The van der Waals surface area contributed by atoms with Gasteiger partial charge in [0, 0.05) is 18.5 Å². The standard InChI is InChI=1S/C15H31N3O/c1-12(13-7-6-8-16-10-13)9-14(19)17-11-15(2,3)18(4)5/h12-13,16H,6-11H2,1-5H3,(H,17,19). The van der Waals surface area contributed by atoms with Crippen molar-refractivity contribution < 1.29 is 4.79 Å². The summed E-state index contributed by atoms with van der Waals surface area (Å²) in [6.45, 7) is 9.39. The number of rotatable bonds is 6. The van der Waals surface area contributed by atoms with Gasteiger partial charge in [0.2, 0.25) is 5.91 Å². The molecular formula is C15H31N3O. The van der Waals surface area contributed by atoms with Gasteiger partial charge in [0.25, 0.3) is 0 Å². The molecule has 1 fully saturated rings. The summed E-state index contributed by atoms with van der Waals surface area (Å²) in [6, 6.07) is 0. The second kappa shape index (κ2) is 7.25. The van der Waals surface area contributed by atoms with E-state index in [1.165, 1.54) is 12.8 Å². The van der Waals surface area contributed by atoms with Crippen molar-refractivity contribution in [3.8, 4) is 0 Å². The first-order chi connectivity index (χ1) is 8.83. The molecule has 0 aliphatic carbocycles. The summed E-state index contributed by atoms with van der Waals surface area (Å²) in [7, 11) is 4.09. The zero-order valence-corrected chi connectivity index (χ0v) is 13.3. The summed E-state index contributed by atoms with van der Waals surface area (Å²) in [6.07, 6.45) is 3.14. The molecule has 1 aliphatic rings. The SMILES string of the molecule is CC(CC(=O)NCC(C)(C)N(C)C)C1CCCNC1. The van der Waals surface area contributed by atoms with Gasteiger partial charge in [0.15, 0.2) is 0 Å². The number of nitrogens with one attached hydrogen (secondary N) is 2. The minimum absolute atomic E-state index is 0.00525. The third-order valence-electron chi connectivity index (χ3n) is 4.58. The molecule has 0 spiro atoms. The molecule has 4 nitrogen and oxygen atoms in total. The van der Waals surface area contributed by atoms with Gasteiger partial charge >= 0.3 is 0 Å². The minimum atomic E-state index is 0.00525.